The number of H-pyrrole nitrogens is 1. The van der Waals surface area contributed by atoms with Crippen molar-refractivity contribution >= 4 is 29.0 Å². The zero-order valence-corrected chi connectivity index (χ0v) is 13.6. The second-order valence-corrected chi connectivity index (χ2v) is 6.95. The van der Waals surface area contributed by atoms with E-state index in [2.05, 4.69) is 17.1 Å². The van der Waals surface area contributed by atoms with Crippen LogP contribution in [-0.4, -0.2) is 10.2 Å². The summed E-state index contributed by atoms with van der Waals surface area (Å²) >= 11 is 12.4. The Morgan fingerprint density at radius 1 is 1.19 bits per heavy atom. The Morgan fingerprint density at radius 3 is 2.57 bits per heavy atom. The van der Waals surface area contributed by atoms with Crippen LogP contribution >= 0.6 is 23.2 Å². The van der Waals surface area contributed by atoms with E-state index in [0.717, 1.165) is 29.7 Å². The first kappa shape index (κ1) is 14.7. The zero-order valence-electron chi connectivity index (χ0n) is 12.0. The molecule has 1 aromatic carbocycles. The summed E-state index contributed by atoms with van der Waals surface area (Å²) in [5, 5.41) is 8.63. The van der Waals surface area contributed by atoms with Crippen molar-refractivity contribution in [3.8, 4) is 11.1 Å². The normalized spacial score (nSPS) is 17.9. The lowest BCUT2D eigenvalue weighted by molar-refractivity contribution is 0.312. The van der Waals surface area contributed by atoms with Crippen LogP contribution in [0.15, 0.2) is 18.2 Å². The van der Waals surface area contributed by atoms with Gasteiger partial charge in [-0.15, -0.1) is 0 Å². The van der Waals surface area contributed by atoms with Crippen molar-refractivity contribution in [2.24, 2.45) is 0 Å². The standard InChI is InChI=1S/C16H19Cl2N3/c1-16(7-3-2-4-8-16)14-13(15(19)21-20-14)11-6-5-10(17)9-12(11)18/h5-6,9H,2-4,7-8H2,1H3,(H3,19,20,21). The molecule has 1 saturated carbocycles. The molecule has 1 aromatic heterocycles. The van der Waals surface area contributed by atoms with Crippen LogP contribution in [0, 0.1) is 0 Å². The number of aromatic nitrogens is 2. The maximum absolute atomic E-state index is 6.37. The van der Waals surface area contributed by atoms with Crippen LogP contribution in [0.4, 0.5) is 5.82 Å². The molecule has 1 fully saturated rings. The second kappa shape index (κ2) is 5.54. The summed E-state index contributed by atoms with van der Waals surface area (Å²) in [7, 11) is 0. The number of aromatic amines is 1. The molecule has 3 nitrogen and oxygen atoms in total. The Labute approximate surface area is 134 Å². The predicted molar refractivity (Wildman–Crippen MR) is 88.9 cm³/mol. The average molecular weight is 324 g/mol. The molecular weight excluding hydrogens is 305 g/mol. The van der Waals surface area contributed by atoms with Crippen molar-refractivity contribution in [1.29, 1.82) is 0 Å². The van der Waals surface area contributed by atoms with E-state index in [1.165, 1.54) is 19.3 Å². The SMILES string of the molecule is CC1(c2[nH]nc(N)c2-c2ccc(Cl)cc2Cl)CCCCC1. The number of rotatable bonds is 2. The lowest BCUT2D eigenvalue weighted by Crippen LogP contribution is -2.26. The highest BCUT2D eigenvalue weighted by Gasteiger charge is 2.34. The van der Waals surface area contributed by atoms with Crippen LogP contribution in [0.2, 0.25) is 10.0 Å². The molecule has 3 rings (SSSR count). The van der Waals surface area contributed by atoms with Gasteiger partial charge >= 0.3 is 0 Å². The fourth-order valence-electron chi connectivity index (χ4n) is 3.34. The third-order valence-electron chi connectivity index (χ3n) is 4.56. The minimum absolute atomic E-state index is 0.0845. The predicted octanol–water partition coefficient (Wildman–Crippen LogP) is 5.19. The number of anilines is 1. The molecule has 0 amide bonds. The molecule has 1 aliphatic carbocycles. The third kappa shape index (κ3) is 2.65. The summed E-state index contributed by atoms with van der Waals surface area (Å²) < 4.78 is 0. The van der Waals surface area contributed by atoms with Crippen LogP contribution in [-0.2, 0) is 5.41 Å². The van der Waals surface area contributed by atoms with E-state index in [0.29, 0.717) is 15.9 Å². The lowest BCUT2D eigenvalue weighted by atomic mass is 9.72. The van der Waals surface area contributed by atoms with Crippen LogP contribution in [0.3, 0.4) is 0 Å². The number of hydrogen-bond acceptors (Lipinski definition) is 2. The molecule has 0 unspecified atom stereocenters. The van der Waals surface area contributed by atoms with Gasteiger partial charge in [-0.2, -0.15) is 5.10 Å². The minimum atomic E-state index is 0.0845. The Morgan fingerprint density at radius 2 is 1.90 bits per heavy atom. The van der Waals surface area contributed by atoms with Crippen molar-refractivity contribution in [2.75, 3.05) is 5.73 Å². The first-order valence-electron chi connectivity index (χ1n) is 7.31. The second-order valence-electron chi connectivity index (χ2n) is 6.10. The molecule has 5 heteroatoms. The van der Waals surface area contributed by atoms with Gasteiger partial charge in [-0.05, 0) is 25.0 Å². The van der Waals surface area contributed by atoms with Crippen molar-refractivity contribution in [3.63, 3.8) is 0 Å². The van der Waals surface area contributed by atoms with Gasteiger partial charge in [0.15, 0.2) is 5.82 Å². The van der Waals surface area contributed by atoms with Gasteiger partial charge in [0.2, 0.25) is 0 Å². The highest BCUT2D eigenvalue weighted by Crippen LogP contribution is 2.45. The van der Waals surface area contributed by atoms with E-state index >= 15 is 0 Å². The molecule has 0 atom stereocenters. The van der Waals surface area contributed by atoms with Crippen molar-refractivity contribution in [1.82, 2.24) is 10.2 Å². The van der Waals surface area contributed by atoms with E-state index < -0.39 is 0 Å². The lowest BCUT2D eigenvalue weighted by Gasteiger charge is -2.33. The minimum Gasteiger partial charge on any atom is -0.382 e. The molecular formula is C16H19Cl2N3. The molecule has 0 aliphatic heterocycles. The van der Waals surface area contributed by atoms with E-state index in [9.17, 15) is 0 Å². The number of benzene rings is 1. The molecule has 1 aliphatic rings. The maximum Gasteiger partial charge on any atom is 0.153 e. The van der Waals surface area contributed by atoms with Gasteiger partial charge in [-0.1, -0.05) is 55.5 Å². The third-order valence-corrected chi connectivity index (χ3v) is 5.10. The number of halogens is 2. The first-order valence-corrected chi connectivity index (χ1v) is 8.06. The molecule has 0 radical (unpaired) electrons. The van der Waals surface area contributed by atoms with Gasteiger partial charge in [-0.3, -0.25) is 5.10 Å². The summed E-state index contributed by atoms with van der Waals surface area (Å²) in [4.78, 5) is 0. The highest BCUT2D eigenvalue weighted by molar-refractivity contribution is 6.36. The van der Waals surface area contributed by atoms with Gasteiger partial charge in [0.05, 0.1) is 10.7 Å². The molecule has 2 aromatic rings. The zero-order chi connectivity index (χ0) is 15.0. The van der Waals surface area contributed by atoms with Crippen molar-refractivity contribution < 1.29 is 0 Å². The Kier molecular flexibility index (Phi) is 3.89. The van der Waals surface area contributed by atoms with Gasteiger partial charge in [0, 0.05) is 21.6 Å². The van der Waals surface area contributed by atoms with E-state index in [1.54, 1.807) is 6.07 Å². The van der Waals surface area contributed by atoms with Gasteiger partial charge < -0.3 is 5.73 Å². The van der Waals surface area contributed by atoms with Crippen LogP contribution in [0.1, 0.15) is 44.7 Å². The Bertz CT molecular complexity index is 658. The fourth-order valence-corrected chi connectivity index (χ4v) is 3.84. The molecule has 1 heterocycles. The van der Waals surface area contributed by atoms with Crippen LogP contribution in [0.25, 0.3) is 11.1 Å². The molecule has 3 N–H and O–H groups in total. The van der Waals surface area contributed by atoms with Crippen LogP contribution < -0.4 is 5.73 Å². The fraction of sp³-hybridized carbons (Fsp3) is 0.438. The summed E-state index contributed by atoms with van der Waals surface area (Å²) in [6, 6.07) is 5.50. The molecule has 112 valence electrons. The van der Waals surface area contributed by atoms with E-state index in [-0.39, 0.29) is 5.41 Å². The number of nitrogens with one attached hydrogen (secondary N) is 1. The van der Waals surface area contributed by atoms with Crippen LogP contribution in [0.5, 0.6) is 0 Å². The summed E-state index contributed by atoms with van der Waals surface area (Å²) in [6.45, 7) is 2.28. The maximum atomic E-state index is 6.37. The Hall–Kier alpha value is -1.19. The van der Waals surface area contributed by atoms with Crippen molar-refractivity contribution in [3.05, 3.63) is 33.9 Å². The van der Waals surface area contributed by atoms with Crippen molar-refractivity contribution in [2.45, 2.75) is 44.4 Å². The number of nitrogen functional groups attached to an aromatic ring is 1. The summed E-state index contributed by atoms with van der Waals surface area (Å²) in [5.41, 5.74) is 9.13. The Balaban J connectivity index is 2.13. The number of hydrogen-bond donors (Lipinski definition) is 2. The molecule has 21 heavy (non-hydrogen) atoms. The van der Waals surface area contributed by atoms with E-state index in [1.807, 2.05) is 12.1 Å². The highest BCUT2D eigenvalue weighted by atomic mass is 35.5. The number of nitrogens with two attached hydrogens (primary N) is 1. The molecule has 0 spiro atoms. The van der Waals surface area contributed by atoms with Gasteiger partial charge in [0.25, 0.3) is 0 Å². The topological polar surface area (TPSA) is 54.7 Å². The average Bonchev–Trinajstić information content (AvgIpc) is 2.82. The molecule has 0 bridgehead atoms. The first-order chi connectivity index (χ1) is 10.0. The number of nitrogens with zero attached hydrogens (tertiary/aromatic N) is 1. The van der Waals surface area contributed by atoms with Gasteiger partial charge in [-0.25, -0.2) is 0 Å². The summed E-state index contributed by atoms with van der Waals surface area (Å²) in [5.74, 6) is 0.501. The van der Waals surface area contributed by atoms with E-state index in [4.69, 9.17) is 28.9 Å². The van der Waals surface area contributed by atoms with Gasteiger partial charge in [0.1, 0.15) is 0 Å². The quantitative estimate of drug-likeness (QED) is 0.799. The smallest absolute Gasteiger partial charge is 0.153 e. The largest absolute Gasteiger partial charge is 0.382 e. The monoisotopic (exact) mass is 323 g/mol. The molecule has 0 saturated heterocycles. The summed E-state index contributed by atoms with van der Waals surface area (Å²) in [6.07, 6.45) is 6.07.